The molecule has 0 spiro atoms. The fourth-order valence-corrected chi connectivity index (χ4v) is 4.16. The summed E-state index contributed by atoms with van der Waals surface area (Å²) in [5, 5.41) is 4.62. The van der Waals surface area contributed by atoms with Crippen molar-refractivity contribution in [3.8, 4) is 16.9 Å². The molecular weight excluding hydrogens is 424 g/mol. The summed E-state index contributed by atoms with van der Waals surface area (Å²) < 4.78 is 6.80. The lowest BCUT2D eigenvalue weighted by Gasteiger charge is -2.19. The molecule has 4 aromatic rings. The van der Waals surface area contributed by atoms with E-state index in [4.69, 9.17) is 16.3 Å². The van der Waals surface area contributed by atoms with Crippen LogP contribution in [0, 0.1) is 6.92 Å². The fraction of sp³-hybridized carbons (Fsp3) is 0.154. The smallest absolute Gasteiger partial charge is 0.268 e. The minimum atomic E-state index is -0.351. The van der Waals surface area contributed by atoms with Crippen molar-refractivity contribution in [3.05, 3.63) is 98.9 Å². The number of benzene rings is 3. The molecule has 0 saturated heterocycles. The maximum Gasteiger partial charge on any atom is 0.268 e. The third kappa shape index (κ3) is 3.87. The Bertz CT molecular complexity index is 1390. The van der Waals surface area contributed by atoms with Crippen LogP contribution < -0.4 is 15.6 Å². The predicted molar refractivity (Wildman–Crippen MR) is 129 cm³/mol. The van der Waals surface area contributed by atoms with Gasteiger partial charge in [-0.2, -0.15) is 0 Å². The Morgan fingerprint density at radius 1 is 1.03 bits per heavy atom. The Morgan fingerprint density at radius 3 is 2.50 bits per heavy atom. The number of methoxy groups -OCH3 is 1. The summed E-state index contributed by atoms with van der Waals surface area (Å²) in [6.07, 6.45) is 0. The molecule has 0 fully saturated rings. The summed E-state index contributed by atoms with van der Waals surface area (Å²) in [6, 6.07) is 20.4. The molecule has 1 N–H and O–H groups in total. The highest BCUT2D eigenvalue weighted by molar-refractivity contribution is 6.31. The topological polar surface area (TPSA) is 60.3 Å². The minimum absolute atomic E-state index is 0.253. The zero-order valence-corrected chi connectivity index (χ0v) is 18.9. The van der Waals surface area contributed by atoms with Crippen molar-refractivity contribution in [1.29, 1.82) is 0 Å². The number of aromatic nitrogens is 1. The molecule has 1 aromatic heterocycles. The van der Waals surface area contributed by atoms with Crippen molar-refractivity contribution in [3.63, 3.8) is 0 Å². The number of pyridine rings is 1. The first-order chi connectivity index (χ1) is 15.4. The molecule has 0 radical (unpaired) electrons. The second-order valence-corrected chi connectivity index (χ2v) is 8.02. The normalized spacial score (nSPS) is 10.9. The van der Waals surface area contributed by atoms with Gasteiger partial charge < -0.3 is 14.6 Å². The molecule has 0 bridgehead atoms. The van der Waals surface area contributed by atoms with Gasteiger partial charge in [-0.3, -0.25) is 9.59 Å². The Balaban J connectivity index is 1.91. The standard InChI is InChI=1S/C26H23ClN2O3/c1-16-8-4-6-10-19(16)23-21-14-18(27)12-13-20(21)26(31)29(2)24(23)25(30)28-15-17-9-5-7-11-22(17)32-3/h4-14H,15H2,1-3H3,(H,28,30). The van der Waals surface area contributed by atoms with Gasteiger partial charge in [-0.25, -0.2) is 0 Å². The van der Waals surface area contributed by atoms with Crippen molar-refractivity contribution >= 4 is 28.3 Å². The molecule has 6 heteroatoms. The summed E-state index contributed by atoms with van der Waals surface area (Å²) in [4.78, 5) is 26.6. The van der Waals surface area contributed by atoms with E-state index in [1.165, 1.54) is 4.57 Å². The first-order valence-electron chi connectivity index (χ1n) is 10.2. The van der Waals surface area contributed by atoms with E-state index < -0.39 is 0 Å². The van der Waals surface area contributed by atoms with Gasteiger partial charge in [0.05, 0.1) is 7.11 Å². The van der Waals surface area contributed by atoms with Crippen molar-refractivity contribution in [2.75, 3.05) is 7.11 Å². The largest absolute Gasteiger partial charge is 0.496 e. The monoisotopic (exact) mass is 446 g/mol. The number of hydrogen-bond donors (Lipinski definition) is 1. The van der Waals surface area contributed by atoms with Gasteiger partial charge in [0.25, 0.3) is 11.5 Å². The number of para-hydroxylation sites is 1. The number of nitrogens with zero attached hydrogens (tertiary/aromatic N) is 1. The molecule has 5 nitrogen and oxygen atoms in total. The van der Waals surface area contributed by atoms with Crippen LogP contribution in [0.2, 0.25) is 5.02 Å². The van der Waals surface area contributed by atoms with Crippen molar-refractivity contribution in [2.24, 2.45) is 7.05 Å². The zero-order chi connectivity index (χ0) is 22.8. The maximum atomic E-state index is 13.5. The molecule has 162 valence electrons. The summed E-state index contributed by atoms with van der Waals surface area (Å²) in [6.45, 7) is 2.24. The SMILES string of the molecule is COc1ccccc1CNC(=O)c1c(-c2ccccc2C)c2cc(Cl)ccc2c(=O)n1C. The van der Waals surface area contributed by atoms with E-state index in [1.807, 2.05) is 55.5 Å². The number of carbonyl (C=O) groups is 1. The van der Waals surface area contributed by atoms with Gasteiger partial charge in [0.15, 0.2) is 0 Å². The molecule has 32 heavy (non-hydrogen) atoms. The molecular formula is C26H23ClN2O3. The lowest BCUT2D eigenvalue weighted by atomic mass is 9.93. The van der Waals surface area contributed by atoms with Gasteiger partial charge >= 0.3 is 0 Å². The van der Waals surface area contributed by atoms with E-state index in [0.717, 1.165) is 16.7 Å². The lowest BCUT2D eigenvalue weighted by molar-refractivity contribution is 0.0942. The second kappa shape index (κ2) is 8.89. The second-order valence-electron chi connectivity index (χ2n) is 7.59. The Labute approximate surface area is 191 Å². The van der Waals surface area contributed by atoms with Gasteiger partial charge in [0.1, 0.15) is 11.4 Å². The van der Waals surface area contributed by atoms with Crippen molar-refractivity contribution in [1.82, 2.24) is 9.88 Å². The molecule has 0 unspecified atom stereocenters. The number of fused-ring (bicyclic) bond motifs is 1. The van der Waals surface area contributed by atoms with Gasteiger partial charge in [0, 0.05) is 35.1 Å². The Kier molecular flexibility index (Phi) is 6.01. The third-order valence-electron chi connectivity index (χ3n) is 5.62. The summed E-state index contributed by atoms with van der Waals surface area (Å²) in [5.74, 6) is 0.335. The Hall–Kier alpha value is -3.57. The highest BCUT2D eigenvalue weighted by Crippen LogP contribution is 2.34. The highest BCUT2D eigenvalue weighted by Gasteiger charge is 2.23. The number of amides is 1. The molecule has 1 amide bonds. The number of halogens is 1. The van der Waals surface area contributed by atoms with E-state index in [0.29, 0.717) is 27.1 Å². The van der Waals surface area contributed by atoms with E-state index >= 15 is 0 Å². The van der Waals surface area contributed by atoms with Crippen LogP contribution in [0.3, 0.4) is 0 Å². The van der Waals surface area contributed by atoms with Crippen LogP contribution in [0.1, 0.15) is 21.6 Å². The van der Waals surface area contributed by atoms with Gasteiger partial charge in [0.2, 0.25) is 0 Å². The molecule has 1 heterocycles. The average Bonchev–Trinajstić information content (AvgIpc) is 2.80. The number of nitrogens with one attached hydrogen (secondary N) is 1. The van der Waals surface area contributed by atoms with E-state index in [2.05, 4.69) is 5.32 Å². The number of hydrogen-bond acceptors (Lipinski definition) is 3. The van der Waals surface area contributed by atoms with Crippen LogP contribution in [0.25, 0.3) is 21.9 Å². The van der Waals surface area contributed by atoms with Crippen LogP contribution in [-0.2, 0) is 13.6 Å². The minimum Gasteiger partial charge on any atom is -0.496 e. The highest BCUT2D eigenvalue weighted by atomic mass is 35.5. The number of carbonyl (C=O) groups excluding carboxylic acids is 1. The van der Waals surface area contributed by atoms with Crippen LogP contribution in [0.15, 0.2) is 71.5 Å². The summed E-state index contributed by atoms with van der Waals surface area (Å²) >= 11 is 6.29. The number of aryl methyl sites for hydroxylation is 1. The molecule has 3 aromatic carbocycles. The van der Waals surface area contributed by atoms with Crippen LogP contribution in [0.4, 0.5) is 0 Å². The number of rotatable bonds is 5. The molecule has 0 aliphatic carbocycles. The fourth-order valence-electron chi connectivity index (χ4n) is 3.99. The molecule has 0 saturated carbocycles. The lowest BCUT2D eigenvalue weighted by Crippen LogP contribution is -2.32. The summed E-state index contributed by atoms with van der Waals surface area (Å²) in [5.41, 5.74) is 3.42. The van der Waals surface area contributed by atoms with E-state index in [9.17, 15) is 9.59 Å². The molecule has 4 rings (SSSR count). The Morgan fingerprint density at radius 2 is 1.75 bits per heavy atom. The first-order valence-corrected chi connectivity index (χ1v) is 10.6. The van der Waals surface area contributed by atoms with Crippen molar-refractivity contribution < 1.29 is 9.53 Å². The molecule has 0 aliphatic rings. The van der Waals surface area contributed by atoms with E-state index in [-0.39, 0.29) is 23.7 Å². The van der Waals surface area contributed by atoms with Crippen molar-refractivity contribution in [2.45, 2.75) is 13.5 Å². The summed E-state index contributed by atoms with van der Waals surface area (Å²) in [7, 11) is 3.21. The van der Waals surface area contributed by atoms with Gasteiger partial charge in [-0.05, 0) is 47.7 Å². The maximum absolute atomic E-state index is 13.5. The molecule has 0 atom stereocenters. The molecule has 0 aliphatic heterocycles. The zero-order valence-electron chi connectivity index (χ0n) is 18.1. The number of ether oxygens (including phenoxy) is 1. The van der Waals surface area contributed by atoms with E-state index in [1.54, 1.807) is 32.4 Å². The van der Waals surface area contributed by atoms with Crippen LogP contribution in [-0.4, -0.2) is 17.6 Å². The predicted octanol–water partition coefficient (Wildman–Crippen LogP) is 5.11. The first kappa shape index (κ1) is 21.7. The van der Waals surface area contributed by atoms with Gasteiger partial charge in [-0.1, -0.05) is 54.1 Å². The van der Waals surface area contributed by atoms with Gasteiger partial charge in [-0.15, -0.1) is 0 Å². The average molecular weight is 447 g/mol. The quantitative estimate of drug-likeness (QED) is 0.463. The van der Waals surface area contributed by atoms with Crippen LogP contribution >= 0.6 is 11.6 Å². The van der Waals surface area contributed by atoms with Crippen LogP contribution in [0.5, 0.6) is 5.75 Å². The third-order valence-corrected chi connectivity index (χ3v) is 5.85.